The first-order valence-electron chi connectivity index (χ1n) is 9.47. The molecule has 126 valence electrons. The van der Waals surface area contributed by atoms with E-state index in [0.29, 0.717) is 23.5 Å². The third-order valence-electron chi connectivity index (χ3n) is 8.08. The Morgan fingerprint density at radius 3 is 2.61 bits per heavy atom. The summed E-state index contributed by atoms with van der Waals surface area (Å²) in [5, 5.41) is 10.1. The van der Waals surface area contributed by atoms with Crippen LogP contribution in [0.15, 0.2) is 23.3 Å². The zero-order valence-electron chi connectivity index (χ0n) is 14.8. The van der Waals surface area contributed by atoms with E-state index >= 15 is 0 Å². The molecular weight excluding hydrogens is 284 g/mol. The summed E-state index contributed by atoms with van der Waals surface area (Å²) in [7, 11) is 0. The summed E-state index contributed by atoms with van der Waals surface area (Å²) in [6.45, 7) is 6.83. The van der Waals surface area contributed by atoms with Gasteiger partial charge in [0.25, 0.3) is 0 Å². The minimum absolute atomic E-state index is 0.114. The fourth-order valence-corrected chi connectivity index (χ4v) is 6.79. The zero-order valence-corrected chi connectivity index (χ0v) is 14.8. The van der Waals surface area contributed by atoms with Gasteiger partial charge in [-0.25, -0.2) is 0 Å². The van der Waals surface area contributed by atoms with E-state index in [9.17, 15) is 9.90 Å². The Balaban J connectivity index is 1.71. The van der Waals surface area contributed by atoms with Crippen molar-refractivity contribution in [2.75, 3.05) is 0 Å². The SMILES string of the molecule is CC=C1C(=O)CC2C3CC=C4CC(O)CCC4(C)C3CCC12C. The van der Waals surface area contributed by atoms with Gasteiger partial charge in [-0.15, -0.1) is 0 Å². The number of hydrogen-bond donors (Lipinski definition) is 1. The predicted molar refractivity (Wildman–Crippen MR) is 91.9 cm³/mol. The Bertz CT molecular complexity index is 601. The summed E-state index contributed by atoms with van der Waals surface area (Å²) in [6, 6.07) is 0. The lowest BCUT2D eigenvalue weighted by Crippen LogP contribution is -2.49. The maximum Gasteiger partial charge on any atom is 0.159 e. The second kappa shape index (κ2) is 5.05. The highest BCUT2D eigenvalue weighted by atomic mass is 16.3. The molecule has 4 rings (SSSR count). The first-order valence-corrected chi connectivity index (χ1v) is 9.47. The van der Waals surface area contributed by atoms with Crippen molar-refractivity contribution < 1.29 is 9.90 Å². The van der Waals surface area contributed by atoms with Crippen LogP contribution in [0, 0.1) is 28.6 Å². The number of carbonyl (C=O) groups excluding carboxylic acids is 1. The third-order valence-corrected chi connectivity index (χ3v) is 8.08. The molecule has 0 amide bonds. The van der Waals surface area contributed by atoms with Crippen molar-refractivity contribution in [3.63, 3.8) is 0 Å². The summed E-state index contributed by atoms with van der Waals surface area (Å²) in [5.41, 5.74) is 3.00. The van der Waals surface area contributed by atoms with Gasteiger partial charge in [-0.3, -0.25) is 4.79 Å². The standard InChI is InChI=1S/C21H30O2/c1-4-16-19(23)12-18-15-6-5-13-11-14(22)7-9-20(13,2)17(15)8-10-21(16,18)3/h4-5,14-15,17-18,22H,6-12H2,1-3H3. The van der Waals surface area contributed by atoms with Gasteiger partial charge in [0, 0.05) is 6.42 Å². The molecule has 23 heavy (non-hydrogen) atoms. The van der Waals surface area contributed by atoms with Crippen LogP contribution in [0.5, 0.6) is 0 Å². The van der Waals surface area contributed by atoms with Gasteiger partial charge in [0.2, 0.25) is 0 Å². The van der Waals surface area contributed by atoms with E-state index in [0.717, 1.165) is 44.1 Å². The Hall–Kier alpha value is -0.890. The summed E-state index contributed by atoms with van der Waals surface area (Å²) in [6.07, 6.45) is 11.6. The van der Waals surface area contributed by atoms with Gasteiger partial charge >= 0.3 is 0 Å². The molecule has 3 saturated carbocycles. The number of fused-ring (bicyclic) bond motifs is 5. The van der Waals surface area contributed by atoms with Gasteiger partial charge in [0.1, 0.15) is 0 Å². The van der Waals surface area contributed by atoms with Crippen LogP contribution in [0.3, 0.4) is 0 Å². The monoisotopic (exact) mass is 314 g/mol. The van der Waals surface area contributed by atoms with Crippen LogP contribution in [0.1, 0.15) is 65.7 Å². The second-order valence-electron chi connectivity index (χ2n) is 8.94. The fourth-order valence-electron chi connectivity index (χ4n) is 6.79. The van der Waals surface area contributed by atoms with Gasteiger partial charge in [-0.1, -0.05) is 31.6 Å². The third kappa shape index (κ3) is 2.00. The summed E-state index contributed by atoms with van der Waals surface area (Å²) in [4.78, 5) is 12.5. The van der Waals surface area contributed by atoms with Crippen LogP contribution in [-0.2, 0) is 4.79 Å². The van der Waals surface area contributed by atoms with Crippen molar-refractivity contribution in [2.24, 2.45) is 28.6 Å². The molecule has 0 aromatic carbocycles. The molecule has 0 heterocycles. The van der Waals surface area contributed by atoms with Crippen LogP contribution < -0.4 is 0 Å². The quantitative estimate of drug-likeness (QED) is 0.530. The second-order valence-corrected chi connectivity index (χ2v) is 8.94. The van der Waals surface area contributed by atoms with Crippen LogP contribution in [0.4, 0.5) is 0 Å². The van der Waals surface area contributed by atoms with Crippen molar-refractivity contribution in [3.8, 4) is 0 Å². The van der Waals surface area contributed by atoms with Gasteiger partial charge in [-0.05, 0) is 79.6 Å². The largest absolute Gasteiger partial charge is 0.393 e. The highest BCUT2D eigenvalue weighted by Crippen LogP contribution is 2.65. The van der Waals surface area contributed by atoms with Gasteiger partial charge in [-0.2, -0.15) is 0 Å². The lowest BCUT2D eigenvalue weighted by atomic mass is 9.48. The summed E-state index contributed by atoms with van der Waals surface area (Å²) >= 11 is 0. The van der Waals surface area contributed by atoms with Crippen molar-refractivity contribution in [2.45, 2.75) is 71.8 Å². The molecule has 3 fully saturated rings. The topological polar surface area (TPSA) is 37.3 Å². The molecule has 6 unspecified atom stereocenters. The molecule has 2 nitrogen and oxygen atoms in total. The van der Waals surface area contributed by atoms with E-state index in [4.69, 9.17) is 0 Å². The van der Waals surface area contributed by atoms with E-state index in [-0.39, 0.29) is 16.9 Å². The fraction of sp³-hybridized carbons (Fsp3) is 0.762. The molecule has 4 aliphatic rings. The van der Waals surface area contributed by atoms with Gasteiger partial charge < -0.3 is 5.11 Å². The van der Waals surface area contributed by atoms with Crippen LogP contribution >= 0.6 is 0 Å². The van der Waals surface area contributed by atoms with E-state index in [1.54, 1.807) is 0 Å². The van der Waals surface area contributed by atoms with Crippen LogP contribution in [-0.4, -0.2) is 17.0 Å². The Labute approximate surface area is 140 Å². The first kappa shape index (κ1) is 15.6. The van der Waals surface area contributed by atoms with Gasteiger partial charge in [0.15, 0.2) is 5.78 Å². The number of ketones is 1. The van der Waals surface area contributed by atoms with Crippen molar-refractivity contribution in [3.05, 3.63) is 23.3 Å². The Kier molecular flexibility index (Phi) is 3.43. The maximum absolute atomic E-state index is 12.5. The average Bonchev–Trinajstić information content (AvgIpc) is 2.77. The molecular formula is C21H30O2. The molecule has 0 aliphatic heterocycles. The number of aliphatic hydroxyl groups is 1. The molecule has 1 N–H and O–H groups in total. The molecule has 6 atom stereocenters. The number of aliphatic hydroxyl groups excluding tert-OH is 1. The molecule has 2 heteroatoms. The van der Waals surface area contributed by atoms with E-state index in [2.05, 4.69) is 26.0 Å². The first-order chi connectivity index (χ1) is 10.9. The summed E-state index contributed by atoms with van der Waals surface area (Å²) in [5.74, 6) is 2.29. The molecule has 0 spiro atoms. The molecule has 0 bridgehead atoms. The molecule has 4 aliphatic carbocycles. The molecule has 0 aromatic rings. The highest BCUT2D eigenvalue weighted by Gasteiger charge is 2.59. The van der Waals surface area contributed by atoms with E-state index in [1.807, 2.05) is 6.92 Å². The smallest absolute Gasteiger partial charge is 0.159 e. The van der Waals surface area contributed by atoms with Crippen molar-refractivity contribution in [1.29, 1.82) is 0 Å². The molecule has 0 saturated heterocycles. The lowest BCUT2D eigenvalue weighted by Gasteiger charge is -2.57. The Morgan fingerprint density at radius 1 is 1.13 bits per heavy atom. The lowest BCUT2D eigenvalue weighted by molar-refractivity contribution is -0.115. The number of rotatable bonds is 0. The van der Waals surface area contributed by atoms with E-state index in [1.165, 1.54) is 12.0 Å². The number of allylic oxidation sites excluding steroid dienone is 3. The molecule has 0 aromatic heterocycles. The van der Waals surface area contributed by atoms with Crippen molar-refractivity contribution in [1.82, 2.24) is 0 Å². The number of carbonyl (C=O) groups is 1. The average molecular weight is 314 g/mol. The number of Topliss-reactive ketones (excluding diaryl/α,β-unsaturated/α-hetero) is 1. The maximum atomic E-state index is 12.5. The minimum atomic E-state index is -0.137. The van der Waals surface area contributed by atoms with Crippen LogP contribution in [0.25, 0.3) is 0 Å². The minimum Gasteiger partial charge on any atom is -0.393 e. The normalized spacial score (nSPS) is 51.0. The highest BCUT2D eigenvalue weighted by molar-refractivity contribution is 5.99. The van der Waals surface area contributed by atoms with E-state index < -0.39 is 0 Å². The zero-order chi connectivity index (χ0) is 16.4. The Morgan fingerprint density at radius 2 is 1.87 bits per heavy atom. The van der Waals surface area contributed by atoms with Crippen molar-refractivity contribution >= 4 is 5.78 Å². The predicted octanol–water partition coefficient (Wildman–Crippen LogP) is 4.44. The number of hydrogen-bond acceptors (Lipinski definition) is 2. The molecule has 0 radical (unpaired) electrons. The summed E-state index contributed by atoms with van der Waals surface area (Å²) < 4.78 is 0. The van der Waals surface area contributed by atoms with Crippen LogP contribution in [0.2, 0.25) is 0 Å². The van der Waals surface area contributed by atoms with Gasteiger partial charge in [0.05, 0.1) is 6.10 Å².